The molecule has 96 valence electrons. The lowest BCUT2D eigenvalue weighted by Crippen LogP contribution is -2.33. The Hall–Kier alpha value is -0.870. The van der Waals surface area contributed by atoms with E-state index in [1.54, 1.807) is 11.3 Å². The first kappa shape index (κ1) is 14.2. The van der Waals surface area contributed by atoms with Gasteiger partial charge >= 0.3 is 0 Å². The summed E-state index contributed by atoms with van der Waals surface area (Å²) in [5.74, 6) is 0.0865. The minimum atomic E-state index is 0.0865. The molecule has 0 unspecified atom stereocenters. The second-order valence-electron chi connectivity index (χ2n) is 4.26. The first-order valence-electron chi connectivity index (χ1n) is 6.16. The number of aryl methyl sites for hydroxylation is 2. The van der Waals surface area contributed by atoms with Gasteiger partial charge in [0.15, 0.2) is 0 Å². The quantitative estimate of drug-likeness (QED) is 0.734. The van der Waals surface area contributed by atoms with Crippen LogP contribution in [-0.2, 0) is 11.3 Å². The Morgan fingerprint density at radius 3 is 2.76 bits per heavy atom. The van der Waals surface area contributed by atoms with Crippen molar-refractivity contribution < 1.29 is 4.79 Å². The second kappa shape index (κ2) is 7.45. The Balaban J connectivity index is 2.17. The van der Waals surface area contributed by atoms with E-state index in [4.69, 9.17) is 0 Å². The smallest absolute Gasteiger partial charge is 0.233 e. The van der Waals surface area contributed by atoms with E-state index in [0.29, 0.717) is 6.54 Å². The number of unbranched alkanes of at least 4 members (excludes halogenated alkanes) is 1. The van der Waals surface area contributed by atoms with Gasteiger partial charge in [-0.05, 0) is 31.9 Å². The van der Waals surface area contributed by atoms with Crippen LogP contribution in [0.3, 0.4) is 0 Å². The predicted octanol–water partition coefficient (Wildman–Crippen LogP) is 2.37. The number of rotatable bonds is 7. The standard InChI is InChI=1S/C13H22N2OS/c1-4-5-6-15-13(16)9-14-8-12-7-10(2)11(3)17-12/h7,14H,4-6,8-9H2,1-3H3,(H,15,16). The summed E-state index contributed by atoms with van der Waals surface area (Å²) in [6.07, 6.45) is 2.16. The molecule has 0 aliphatic heterocycles. The SMILES string of the molecule is CCCCNC(=O)CNCc1cc(C)c(C)s1. The normalized spacial score (nSPS) is 10.5. The number of carbonyl (C=O) groups excluding carboxylic acids is 1. The lowest BCUT2D eigenvalue weighted by atomic mass is 10.3. The Morgan fingerprint density at radius 2 is 2.18 bits per heavy atom. The highest BCUT2D eigenvalue weighted by Crippen LogP contribution is 2.19. The van der Waals surface area contributed by atoms with Crippen LogP contribution in [0.2, 0.25) is 0 Å². The Bertz CT molecular complexity index is 341. The molecule has 17 heavy (non-hydrogen) atoms. The van der Waals surface area contributed by atoms with Gasteiger partial charge in [0.05, 0.1) is 6.54 Å². The minimum absolute atomic E-state index is 0.0865. The first-order valence-corrected chi connectivity index (χ1v) is 6.98. The number of thiophene rings is 1. The molecule has 1 aromatic heterocycles. The van der Waals surface area contributed by atoms with Crippen LogP contribution < -0.4 is 10.6 Å². The number of hydrogen-bond donors (Lipinski definition) is 2. The van der Waals surface area contributed by atoms with Gasteiger partial charge in [-0.25, -0.2) is 0 Å². The molecule has 0 fully saturated rings. The van der Waals surface area contributed by atoms with E-state index in [1.807, 2.05) is 0 Å². The molecule has 4 heteroatoms. The fourth-order valence-electron chi connectivity index (χ4n) is 1.50. The maximum atomic E-state index is 11.4. The molecule has 3 nitrogen and oxygen atoms in total. The van der Waals surface area contributed by atoms with Crippen LogP contribution in [0.15, 0.2) is 6.07 Å². The molecule has 0 bridgehead atoms. The molecule has 1 rings (SSSR count). The van der Waals surface area contributed by atoms with Gasteiger partial charge in [-0.3, -0.25) is 4.79 Å². The Kier molecular flexibility index (Phi) is 6.22. The molecule has 0 atom stereocenters. The molecular formula is C13H22N2OS. The molecule has 0 saturated carbocycles. The lowest BCUT2D eigenvalue weighted by Gasteiger charge is -2.04. The monoisotopic (exact) mass is 254 g/mol. The maximum Gasteiger partial charge on any atom is 0.233 e. The average Bonchev–Trinajstić information content (AvgIpc) is 2.59. The van der Waals surface area contributed by atoms with Gasteiger partial charge in [-0.2, -0.15) is 0 Å². The van der Waals surface area contributed by atoms with E-state index in [1.165, 1.54) is 15.3 Å². The van der Waals surface area contributed by atoms with Gasteiger partial charge < -0.3 is 10.6 Å². The van der Waals surface area contributed by atoms with E-state index in [-0.39, 0.29) is 5.91 Å². The van der Waals surface area contributed by atoms with Gasteiger partial charge in [0.1, 0.15) is 0 Å². The van der Waals surface area contributed by atoms with Crippen LogP contribution in [0.25, 0.3) is 0 Å². The van der Waals surface area contributed by atoms with Gasteiger partial charge in [-0.15, -0.1) is 11.3 Å². The van der Waals surface area contributed by atoms with E-state index in [2.05, 4.69) is 37.5 Å². The van der Waals surface area contributed by atoms with Crippen LogP contribution in [-0.4, -0.2) is 19.0 Å². The summed E-state index contributed by atoms with van der Waals surface area (Å²) >= 11 is 1.79. The number of carbonyl (C=O) groups is 1. The summed E-state index contributed by atoms with van der Waals surface area (Å²) in [6, 6.07) is 2.18. The van der Waals surface area contributed by atoms with Crippen LogP contribution >= 0.6 is 11.3 Å². The molecule has 1 aromatic rings. The topological polar surface area (TPSA) is 41.1 Å². The zero-order valence-electron chi connectivity index (χ0n) is 10.9. The predicted molar refractivity (Wildman–Crippen MR) is 73.4 cm³/mol. The third-order valence-corrected chi connectivity index (χ3v) is 3.81. The minimum Gasteiger partial charge on any atom is -0.355 e. The molecule has 0 aliphatic rings. The highest BCUT2D eigenvalue weighted by Gasteiger charge is 2.03. The number of amides is 1. The van der Waals surface area contributed by atoms with E-state index < -0.39 is 0 Å². The summed E-state index contributed by atoms with van der Waals surface area (Å²) in [6.45, 7) is 8.33. The molecule has 0 spiro atoms. The van der Waals surface area contributed by atoms with Crippen molar-refractivity contribution >= 4 is 17.2 Å². The lowest BCUT2D eigenvalue weighted by molar-refractivity contribution is -0.120. The Morgan fingerprint density at radius 1 is 1.41 bits per heavy atom. The van der Waals surface area contributed by atoms with Crippen LogP contribution in [0.1, 0.15) is 35.1 Å². The molecule has 0 aromatic carbocycles. The van der Waals surface area contributed by atoms with Gasteiger partial charge in [0, 0.05) is 22.8 Å². The summed E-state index contributed by atoms with van der Waals surface area (Å²) < 4.78 is 0. The summed E-state index contributed by atoms with van der Waals surface area (Å²) in [5, 5.41) is 6.06. The molecule has 0 saturated heterocycles. The molecule has 0 aliphatic carbocycles. The number of hydrogen-bond acceptors (Lipinski definition) is 3. The van der Waals surface area contributed by atoms with Crippen molar-refractivity contribution in [2.24, 2.45) is 0 Å². The molecule has 2 N–H and O–H groups in total. The summed E-state index contributed by atoms with van der Waals surface area (Å²) in [7, 11) is 0. The molecular weight excluding hydrogens is 232 g/mol. The third kappa shape index (κ3) is 5.33. The van der Waals surface area contributed by atoms with Gasteiger partial charge in [0.25, 0.3) is 0 Å². The molecule has 0 radical (unpaired) electrons. The zero-order valence-corrected chi connectivity index (χ0v) is 11.7. The van der Waals surface area contributed by atoms with Gasteiger partial charge in [0.2, 0.25) is 5.91 Å². The van der Waals surface area contributed by atoms with E-state index >= 15 is 0 Å². The van der Waals surface area contributed by atoms with Crippen molar-refractivity contribution in [2.45, 2.75) is 40.2 Å². The van der Waals surface area contributed by atoms with E-state index in [0.717, 1.165) is 25.9 Å². The van der Waals surface area contributed by atoms with Crippen LogP contribution in [0.4, 0.5) is 0 Å². The van der Waals surface area contributed by atoms with Gasteiger partial charge in [-0.1, -0.05) is 13.3 Å². The fraction of sp³-hybridized carbons (Fsp3) is 0.615. The first-order chi connectivity index (χ1) is 8.13. The molecule has 1 heterocycles. The highest BCUT2D eigenvalue weighted by molar-refractivity contribution is 7.12. The van der Waals surface area contributed by atoms with Crippen molar-refractivity contribution in [3.8, 4) is 0 Å². The van der Waals surface area contributed by atoms with Crippen molar-refractivity contribution in [2.75, 3.05) is 13.1 Å². The average molecular weight is 254 g/mol. The van der Waals surface area contributed by atoms with Crippen molar-refractivity contribution in [1.29, 1.82) is 0 Å². The van der Waals surface area contributed by atoms with Crippen molar-refractivity contribution in [1.82, 2.24) is 10.6 Å². The summed E-state index contributed by atoms with van der Waals surface area (Å²) in [5.41, 5.74) is 1.33. The second-order valence-corrected chi connectivity index (χ2v) is 5.60. The zero-order chi connectivity index (χ0) is 12.7. The third-order valence-electron chi connectivity index (χ3n) is 2.65. The number of nitrogens with one attached hydrogen (secondary N) is 2. The fourth-order valence-corrected chi connectivity index (χ4v) is 2.53. The largest absolute Gasteiger partial charge is 0.355 e. The van der Waals surface area contributed by atoms with E-state index in [9.17, 15) is 4.79 Å². The van der Waals surface area contributed by atoms with Crippen molar-refractivity contribution in [3.63, 3.8) is 0 Å². The highest BCUT2D eigenvalue weighted by atomic mass is 32.1. The van der Waals surface area contributed by atoms with Crippen LogP contribution in [0.5, 0.6) is 0 Å². The summed E-state index contributed by atoms with van der Waals surface area (Å²) in [4.78, 5) is 14.1. The van der Waals surface area contributed by atoms with Crippen LogP contribution in [0, 0.1) is 13.8 Å². The molecule has 1 amide bonds. The maximum absolute atomic E-state index is 11.4. The Labute approximate surface area is 108 Å². The van der Waals surface area contributed by atoms with Crippen molar-refractivity contribution in [3.05, 3.63) is 21.4 Å².